The normalized spacial score (nSPS) is 13.7. The second-order valence-corrected chi connectivity index (χ2v) is 7.00. The van der Waals surface area contributed by atoms with Crippen LogP contribution in [0.5, 0.6) is 0 Å². The summed E-state index contributed by atoms with van der Waals surface area (Å²) in [6, 6.07) is 13.1. The Hall–Kier alpha value is -1.04. The van der Waals surface area contributed by atoms with Crippen LogP contribution in [0.3, 0.4) is 0 Å². The molecule has 0 saturated carbocycles. The Labute approximate surface area is 181 Å². The van der Waals surface area contributed by atoms with E-state index in [2.05, 4.69) is 79.3 Å². The van der Waals surface area contributed by atoms with Crippen LogP contribution >= 0.6 is 37.2 Å². The Kier molecular flexibility index (Phi) is 11.3. The van der Waals surface area contributed by atoms with Crippen molar-refractivity contribution >= 4 is 59.5 Å². The van der Waals surface area contributed by atoms with Crippen molar-refractivity contribution in [2.75, 3.05) is 59.3 Å². The van der Waals surface area contributed by atoms with Crippen LogP contribution < -0.4 is 4.90 Å². The molecule has 1 heterocycles. The lowest BCUT2D eigenvalue weighted by molar-refractivity contribution is 0.403. The molecule has 0 radical (unpaired) electrons. The van der Waals surface area contributed by atoms with E-state index in [1.165, 1.54) is 22.0 Å². The molecular weight excluding hydrogens is 403 g/mol. The zero-order valence-electron chi connectivity index (χ0n) is 16.5. The number of aliphatic imine (C=N–C) groups is 1. The molecule has 3 rings (SSSR count). The minimum Gasteiger partial charge on any atom is -0.324 e. The molecular formula is C20H31Cl3N4. The van der Waals surface area contributed by atoms with Crippen LogP contribution in [0.1, 0.15) is 12.0 Å². The van der Waals surface area contributed by atoms with Gasteiger partial charge in [-0.2, -0.15) is 0 Å². The Morgan fingerprint density at radius 3 is 2.11 bits per heavy atom. The fourth-order valence-electron chi connectivity index (χ4n) is 3.26. The van der Waals surface area contributed by atoms with E-state index in [9.17, 15) is 0 Å². The first kappa shape index (κ1) is 26.0. The summed E-state index contributed by atoms with van der Waals surface area (Å²) in [5.74, 6) is 1.14. The minimum atomic E-state index is 0. The van der Waals surface area contributed by atoms with Crippen LogP contribution in [-0.4, -0.2) is 70.0 Å². The Bertz CT molecular complexity index is 742. The number of halogens is 3. The topological polar surface area (TPSA) is 22.1 Å². The summed E-state index contributed by atoms with van der Waals surface area (Å²) in [4.78, 5) is 11.8. The third-order valence-electron chi connectivity index (χ3n) is 4.47. The van der Waals surface area contributed by atoms with Gasteiger partial charge in [-0.3, -0.25) is 4.99 Å². The molecule has 7 heteroatoms. The highest BCUT2D eigenvalue weighted by Crippen LogP contribution is 2.37. The van der Waals surface area contributed by atoms with Crippen LogP contribution in [0.25, 0.3) is 10.8 Å². The monoisotopic (exact) mass is 432 g/mol. The first-order valence-electron chi connectivity index (χ1n) is 8.71. The quantitative estimate of drug-likeness (QED) is 0.611. The molecule has 0 N–H and O–H groups in total. The zero-order valence-corrected chi connectivity index (χ0v) is 19.0. The molecule has 0 saturated heterocycles. The van der Waals surface area contributed by atoms with Gasteiger partial charge < -0.3 is 14.7 Å². The van der Waals surface area contributed by atoms with E-state index in [-0.39, 0.29) is 37.2 Å². The minimum absolute atomic E-state index is 0. The van der Waals surface area contributed by atoms with E-state index in [1.807, 2.05) is 0 Å². The average Bonchev–Trinajstić information content (AvgIpc) is 2.85. The van der Waals surface area contributed by atoms with Gasteiger partial charge in [-0.1, -0.05) is 30.3 Å². The number of hydrogen-bond donors (Lipinski definition) is 0. The second-order valence-electron chi connectivity index (χ2n) is 7.00. The van der Waals surface area contributed by atoms with Crippen molar-refractivity contribution in [3.05, 3.63) is 42.0 Å². The lowest BCUT2D eigenvalue weighted by atomic mass is 10.1. The highest BCUT2D eigenvalue weighted by Gasteiger charge is 2.27. The predicted octanol–water partition coefficient (Wildman–Crippen LogP) is 4.19. The Morgan fingerprint density at radius 2 is 1.48 bits per heavy atom. The van der Waals surface area contributed by atoms with Crippen molar-refractivity contribution < 1.29 is 0 Å². The van der Waals surface area contributed by atoms with E-state index in [0.717, 1.165) is 38.4 Å². The summed E-state index contributed by atoms with van der Waals surface area (Å²) in [7, 11) is 8.47. The van der Waals surface area contributed by atoms with Gasteiger partial charge in [0, 0.05) is 30.6 Å². The van der Waals surface area contributed by atoms with Crippen molar-refractivity contribution in [3.8, 4) is 0 Å². The summed E-state index contributed by atoms with van der Waals surface area (Å²) >= 11 is 0. The number of likely N-dealkylation sites (N-methyl/N-ethyl adjacent to an activating group) is 1. The second kappa shape index (κ2) is 11.7. The zero-order chi connectivity index (χ0) is 17.1. The van der Waals surface area contributed by atoms with E-state index < -0.39 is 0 Å². The van der Waals surface area contributed by atoms with Gasteiger partial charge in [0.1, 0.15) is 5.84 Å². The molecule has 4 nitrogen and oxygen atoms in total. The molecule has 0 bridgehead atoms. The first-order valence-corrected chi connectivity index (χ1v) is 8.71. The fraction of sp³-hybridized carbons (Fsp3) is 0.450. The van der Waals surface area contributed by atoms with Crippen LogP contribution in [0.4, 0.5) is 5.69 Å². The highest BCUT2D eigenvalue weighted by atomic mass is 35.5. The van der Waals surface area contributed by atoms with Gasteiger partial charge >= 0.3 is 0 Å². The molecule has 0 atom stereocenters. The number of hydrogen-bond acceptors (Lipinski definition) is 3. The number of rotatable bonds is 7. The lowest BCUT2D eigenvalue weighted by Gasteiger charge is -2.23. The summed E-state index contributed by atoms with van der Waals surface area (Å²) in [5, 5.41) is 2.66. The predicted molar refractivity (Wildman–Crippen MR) is 126 cm³/mol. The smallest absolute Gasteiger partial charge is 0.136 e. The number of amidine groups is 1. The molecule has 0 aliphatic carbocycles. The van der Waals surface area contributed by atoms with Crippen molar-refractivity contribution in [2.24, 2.45) is 4.99 Å². The molecule has 1 aliphatic heterocycles. The van der Waals surface area contributed by atoms with Gasteiger partial charge in [0.25, 0.3) is 0 Å². The van der Waals surface area contributed by atoms with Crippen LogP contribution in [0, 0.1) is 0 Å². The first-order chi connectivity index (χ1) is 11.6. The highest BCUT2D eigenvalue weighted by molar-refractivity contribution is 6.27. The molecule has 2 aromatic rings. The number of benzene rings is 2. The maximum atomic E-state index is 4.99. The van der Waals surface area contributed by atoms with E-state index >= 15 is 0 Å². The van der Waals surface area contributed by atoms with E-state index in [1.54, 1.807) is 0 Å². The van der Waals surface area contributed by atoms with Crippen molar-refractivity contribution in [2.45, 2.75) is 6.42 Å². The summed E-state index contributed by atoms with van der Waals surface area (Å²) in [6.07, 6.45) is 1.09. The summed E-state index contributed by atoms with van der Waals surface area (Å²) < 4.78 is 0. The molecule has 0 unspecified atom stereocenters. The SMILES string of the molecule is CN(C)CCCN=C1c2cccc3cccc(c23)N1CCN(C)C.Cl.Cl.Cl. The Balaban J connectivity index is 0.00000225. The maximum Gasteiger partial charge on any atom is 0.136 e. The van der Waals surface area contributed by atoms with Gasteiger partial charge in [0.2, 0.25) is 0 Å². The standard InChI is InChI=1S/C20H28N4.3ClH/c1-22(2)13-7-12-21-20-17-10-5-8-16-9-6-11-18(19(16)17)24(20)15-14-23(3)4;;;/h5-6,8-11H,7,12-15H2,1-4H3;3*1H. The number of anilines is 1. The van der Waals surface area contributed by atoms with Crippen LogP contribution in [0.15, 0.2) is 41.4 Å². The third-order valence-corrected chi connectivity index (χ3v) is 4.47. The molecule has 152 valence electrons. The maximum absolute atomic E-state index is 4.99. The van der Waals surface area contributed by atoms with Crippen molar-refractivity contribution in [3.63, 3.8) is 0 Å². The van der Waals surface area contributed by atoms with Crippen LogP contribution in [0.2, 0.25) is 0 Å². The molecule has 2 aromatic carbocycles. The summed E-state index contributed by atoms with van der Waals surface area (Å²) in [5.41, 5.74) is 2.59. The average molecular weight is 434 g/mol. The van der Waals surface area contributed by atoms with Gasteiger partial charge in [0.15, 0.2) is 0 Å². The number of nitrogens with zero attached hydrogens (tertiary/aromatic N) is 4. The molecule has 27 heavy (non-hydrogen) atoms. The van der Waals surface area contributed by atoms with Gasteiger partial charge in [-0.15, -0.1) is 37.2 Å². The van der Waals surface area contributed by atoms with Gasteiger partial charge in [-0.25, -0.2) is 0 Å². The van der Waals surface area contributed by atoms with Gasteiger partial charge in [-0.05, 0) is 52.6 Å². The van der Waals surface area contributed by atoms with E-state index in [4.69, 9.17) is 4.99 Å². The fourth-order valence-corrected chi connectivity index (χ4v) is 3.26. The van der Waals surface area contributed by atoms with Crippen LogP contribution in [-0.2, 0) is 0 Å². The Morgan fingerprint density at radius 1 is 0.852 bits per heavy atom. The van der Waals surface area contributed by atoms with Gasteiger partial charge in [0.05, 0.1) is 5.69 Å². The molecule has 0 fully saturated rings. The molecule has 0 spiro atoms. The van der Waals surface area contributed by atoms with Crippen molar-refractivity contribution in [1.82, 2.24) is 9.80 Å². The molecule has 1 aliphatic rings. The largest absolute Gasteiger partial charge is 0.324 e. The molecule has 0 amide bonds. The lowest BCUT2D eigenvalue weighted by Crippen LogP contribution is -2.34. The summed E-state index contributed by atoms with van der Waals surface area (Å²) in [6.45, 7) is 3.93. The van der Waals surface area contributed by atoms with Crippen molar-refractivity contribution in [1.29, 1.82) is 0 Å². The molecule has 0 aromatic heterocycles. The third kappa shape index (κ3) is 5.97. The van der Waals surface area contributed by atoms with E-state index in [0.29, 0.717) is 0 Å².